The summed E-state index contributed by atoms with van der Waals surface area (Å²) in [5.41, 5.74) is 4.16. The topological polar surface area (TPSA) is 41.0 Å². The summed E-state index contributed by atoms with van der Waals surface area (Å²) >= 11 is 2.12. The van der Waals surface area contributed by atoms with Crippen LogP contribution in [0.1, 0.15) is 57.4 Å². The Hall–Kier alpha value is -1.46. The molecule has 29 heavy (non-hydrogen) atoms. The van der Waals surface area contributed by atoms with Crippen LogP contribution >= 0.6 is 11.8 Å². The summed E-state index contributed by atoms with van der Waals surface area (Å²) in [5.74, 6) is 1.25. The van der Waals surface area contributed by atoms with E-state index in [-0.39, 0.29) is 5.56 Å². The summed E-state index contributed by atoms with van der Waals surface area (Å²) in [7, 11) is 1.88. The van der Waals surface area contributed by atoms with Crippen molar-refractivity contribution < 1.29 is 0 Å². The molecule has 3 heterocycles. The van der Waals surface area contributed by atoms with Crippen molar-refractivity contribution in [2.24, 2.45) is 12.5 Å². The quantitative estimate of drug-likeness (QED) is 0.694. The summed E-state index contributed by atoms with van der Waals surface area (Å²) in [6.45, 7) is 4.81. The number of nitrogens with zero attached hydrogens (tertiary/aromatic N) is 2. The van der Waals surface area contributed by atoms with Crippen LogP contribution < -0.4 is 5.56 Å². The number of likely N-dealkylation sites (tertiary alicyclic amines) is 1. The van der Waals surface area contributed by atoms with E-state index in [2.05, 4.69) is 46.9 Å². The largest absolute Gasteiger partial charge is 0.357 e. The fraction of sp³-hybridized carbons (Fsp3) is 0.625. The first-order valence-corrected chi connectivity index (χ1v) is 12.4. The van der Waals surface area contributed by atoms with Gasteiger partial charge in [0.15, 0.2) is 0 Å². The fourth-order valence-corrected chi connectivity index (χ4v) is 6.86. The number of hydrogen-bond donors (Lipinski definition) is 1. The van der Waals surface area contributed by atoms with Gasteiger partial charge in [-0.05, 0) is 54.9 Å². The minimum Gasteiger partial charge on any atom is -0.357 e. The molecule has 1 saturated heterocycles. The highest BCUT2D eigenvalue weighted by atomic mass is 32.2. The maximum atomic E-state index is 12.6. The molecule has 2 atom stereocenters. The van der Waals surface area contributed by atoms with Crippen LogP contribution in [0.3, 0.4) is 0 Å². The molecule has 0 amide bonds. The minimum absolute atomic E-state index is 0.0629. The molecule has 0 bridgehead atoms. The van der Waals surface area contributed by atoms with Crippen molar-refractivity contribution in [2.45, 2.75) is 63.2 Å². The van der Waals surface area contributed by atoms with Crippen molar-refractivity contribution in [1.82, 2.24) is 14.5 Å². The second-order valence-corrected chi connectivity index (χ2v) is 10.8. The van der Waals surface area contributed by atoms with Gasteiger partial charge >= 0.3 is 0 Å². The molecule has 2 aliphatic carbocycles. The Morgan fingerprint density at radius 2 is 2.10 bits per heavy atom. The van der Waals surface area contributed by atoms with Gasteiger partial charge in [0, 0.05) is 54.8 Å². The highest BCUT2D eigenvalue weighted by Crippen LogP contribution is 2.51. The maximum absolute atomic E-state index is 12.6. The van der Waals surface area contributed by atoms with Crippen LogP contribution in [-0.4, -0.2) is 44.6 Å². The molecular formula is C24H33N3OS. The number of hydrogen-bond acceptors (Lipinski definition) is 3. The van der Waals surface area contributed by atoms with E-state index in [1.807, 2.05) is 13.2 Å². The van der Waals surface area contributed by atoms with Crippen LogP contribution in [0.2, 0.25) is 0 Å². The Balaban J connectivity index is 1.50. The average Bonchev–Trinajstić information content (AvgIpc) is 3.13. The van der Waals surface area contributed by atoms with E-state index in [9.17, 15) is 4.79 Å². The summed E-state index contributed by atoms with van der Waals surface area (Å²) < 4.78 is 1.75. The van der Waals surface area contributed by atoms with E-state index in [1.54, 1.807) is 4.57 Å². The molecule has 1 aliphatic heterocycles. The zero-order valence-corrected chi connectivity index (χ0v) is 18.6. The van der Waals surface area contributed by atoms with Gasteiger partial charge in [-0.25, -0.2) is 0 Å². The number of pyridine rings is 1. The molecule has 5 rings (SSSR count). The van der Waals surface area contributed by atoms with Crippen molar-refractivity contribution in [1.29, 1.82) is 0 Å². The number of aromatic amines is 1. The van der Waals surface area contributed by atoms with Gasteiger partial charge in [0.25, 0.3) is 5.56 Å². The molecule has 0 aromatic carbocycles. The molecule has 2 aromatic heterocycles. The number of rotatable bonds is 6. The zero-order chi connectivity index (χ0) is 20.0. The molecule has 0 radical (unpaired) electrons. The number of thioether (sulfide) groups is 1. The fourth-order valence-electron chi connectivity index (χ4n) is 5.56. The number of unbranched alkanes of at least 4 members (excludes halogenated alkanes) is 1. The molecule has 4 nitrogen and oxygen atoms in total. The van der Waals surface area contributed by atoms with Crippen molar-refractivity contribution in [3.05, 3.63) is 40.5 Å². The summed E-state index contributed by atoms with van der Waals surface area (Å²) in [6.07, 6.45) is 15.9. The molecule has 1 N–H and O–H groups in total. The van der Waals surface area contributed by atoms with Gasteiger partial charge in [-0.3, -0.25) is 9.69 Å². The van der Waals surface area contributed by atoms with E-state index in [1.165, 1.54) is 74.9 Å². The van der Waals surface area contributed by atoms with Crippen LogP contribution in [0.15, 0.2) is 29.3 Å². The highest BCUT2D eigenvalue weighted by molar-refractivity contribution is 8.00. The molecule has 1 saturated carbocycles. The summed E-state index contributed by atoms with van der Waals surface area (Å²) in [5, 5.41) is 1.68. The Morgan fingerprint density at radius 3 is 2.83 bits per heavy atom. The van der Waals surface area contributed by atoms with Gasteiger partial charge < -0.3 is 9.55 Å². The summed E-state index contributed by atoms with van der Waals surface area (Å²) in [6, 6.07) is 2.58. The van der Waals surface area contributed by atoms with Gasteiger partial charge in [-0.2, -0.15) is 11.8 Å². The van der Waals surface area contributed by atoms with Crippen molar-refractivity contribution in [3.8, 4) is 0 Å². The van der Waals surface area contributed by atoms with Crippen molar-refractivity contribution >= 4 is 28.2 Å². The lowest BCUT2D eigenvalue weighted by Gasteiger charge is -2.59. The first-order valence-electron chi connectivity index (χ1n) is 11.3. The van der Waals surface area contributed by atoms with Crippen LogP contribution in [0, 0.1) is 5.41 Å². The van der Waals surface area contributed by atoms with Crippen molar-refractivity contribution in [3.63, 3.8) is 0 Å². The lowest BCUT2D eigenvalue weighted by molar-refractivity contribution is -0.0736. The van der Waals surface area contributed by atoms with E-state index in [0.29, 0.717) is 16.7 Å². The molecule has 2 aromatic rings. The number of aromatic nitrogens is 2. The van der Waals surface area contributed by atoms with Gasteiger partial charge in [0.2, 0.25) is 0 Å². The predicted molar refractivity (Wildman–Crippen MR) is 124 cm³/mol. The van der Waals surface area contributed by atoms with Crippen molar-refractivity contribution in [2.75, 3.05) is 18.8 Å². The second kappa shape index (κ2) is 7.66. The first-order chi connectivity index (χ1) is 14.1. The highest BCUT2D eigenvalue weighted by Gasteiger charge is 2.50. The average molecular weight is 412 g/mol. The maximum Gasteiger partial charge on any atom is 0.274 e. The van der Waals surface area contributed by atoms with Crippen LogP contribution in [0.5, 0.6) is 0 Å². The third-order valence-electron chi connectivity index (χ3n) is 7.42. The van der Waals surface area contributed by atoms with Crippen LogP contribution in [-0.2, 0) is 7.05 Å². The third kappa shape index (κ3) is 3.40. The Bertz CT molecular complexity index is 976. The van der Waals surface area contributed by atoms with Gasteiger partial charge in [-0.15, -0.1) is 0 Å². The normalized spacial score (nSPS) is 26.3. The lowest BCUT2D eigenvalue weighted by atomic mass is 9.62. The van der Waals surface area contributed by atoms with E-state index in [4.69, 9.17) is 0 Å². The molecule has 2 unspecified atom stereocenters. The SMILES string of the molecule is CCCCSC1C=C(c2cn(C)c(=O)c3[nH]ccc23)C(N2CC3(CCC3)C2)CC1. The number of H-pyrrole nitrogens is 1. The van der Waals surface area contributed by atoms with Crippen LogP contribution in [0.4, 0.5) is 0 Å². The number of nitrogens with one attached hydrogen (secondary N) is 1. The lowest BCUT2D eigenvalue weighted by Crippen LogP contribution is -2.63. The Morgan fingerprint density at radius 1 is 1.28 bits per heavy atom. The molecule has 5 heteroatoms. The third-order valence-corrected chi connectivity index (χ3v) is 8.74. The molecule has 1 spiro atoms. The number of fused-ring (bicyclic) bond motifs is 1. The van der Waals surface area contributed by atoms with Gasteiger partial charge in [0.05, 0.1) is 0 Å². The van der Waals surface area contributed by atoms with E-state index < -0.39 is 0 Å². The Labute approximate surface area is 177 Å². The predicted octanol–water partition coefficient (Wildman–Crippen LogP) is 4.80. The monoisotopic (exact) mass is 411 g/mol. The zero-order valence-electron chi connectivity index (χ0n) is 17.7. The van der Waals surface area contributed by atoms with Crippen LogP contribution in [0.25, 0.3) is 16.5 Å². The first kappa shape index (κ1) is 19.5. The standard InChI is InChI=1S/C24H33N3OS/c1-3-4-12-29-17-6-7-21(27-15-24(16-27)9-5-10-24)19(13-17)20-14-26(2)23(28)22-18(20)8-11-25-22/h8,11,13-14,17,21,25H,3-7,9-10,12,15-16H2,1-2H3. The van der Waals surface area contributed by atoms with Gasteiger partial charge in [0.1, 0.15) is 5.52 Å². The van der Waals surface area contributed by atoms with E-state index in [0.717, 1.165) is 10.9 Å². The molecule has 2 fully saturated rings. The Kier molecular flexibility index (Phi) is 5.15. The molecule has 156 valence electrons. The number of aryl methyl sites for hydroxylation is 1. The molecular weight excluding hydrogens is 378 g/mol. The second-order valence-electron chi connectivity index (χ2n) is 9.46. The smallest absolute Gasteiger partial charge is 0.274 e. The van der Waals surface area contributed by atoms with Gasteiger partial charge in [-0.1, -0.05) is 25.8 Å². The summed E-state index contributed by atoms with van der Waals surface area (Å²) in [4.78, 5) is 18.5. The van der Waals surface area contributed by atoms with E-state index >= 15 is 0 Å². The molecule has 3 aliphatic rings. The minimum atomic E-state index is 0.0629.